The Kier molecular flexibility index (Phi) is 0.789. The Bertz CT molecular complexity index is 1100. The van der Waals surface area contributed by atoms with Gasteiger partial charge in [0.15, 0.2) is 0 Å². The van der Waals surface area contributed by atoms with Crippen molar-refractivity contribution in [1.29, 1.82) is 0 Å². The van der Waals surface area contributed by atoms with Crippen LogP contribution in [0.15, 0.2) is 0 Å². The standard InChI is InChI=1S/C27H26/c1-21-7-2-3-8(21)12-16-20-18-14-10-5-6-4-9-13-17-19-15-11(7)23(12,21)25(15,16)27(19,20)26(17,18)24(13,14)22(6,9)10/h6-20H,2-5H2,1H3. The van der Waals surface area contributed by atoms with Crippen LogP contribution in [-0.4, -0.2) is 0 Å². The highest BCUT2D eigenvalue weighted by Gasteiger charge is 3.31. The summed E-state index contributed by atoms with van der Waals surface area (Å²) in [6.07, 6.45) is 6.82. The van der Waals surface area contributed by atoms with Gasteiger partial charge < -0.3 is 0 Å². The van der Waals surface area contributed by atoms with Crippen LogP contribution in [0.5, 0.6) is 0 Å². The monoisotopic (exact) mass is 350 g/mol. The van der Waals surface area contributed by atoms with E-state index >= 15 is 0 Å². The van der Waals surface area contributed by atoms with Crippen molar-refractivity contribution in [1.82, 2.24) is 0 Å². The zero-order valence-corrected chi connectivity index (χ0v) is 16.0. The molecule has 15 aliphatic rings. The van der Waals surface area contributed by atoms with Gasteiger partial charge in [0.2, 0.25) is 0 Å². The summed E-state index contributed by atoms with van der Waals surface area (Å²) >= 11 is 0. The lowest BCUT2D eigenvalue weighted by Crippen LogP contribution is -3.30. The fraction of sp³-hybridized carbons (Fsp3) is 1.00. The first-order valence-corrected chi connectivity index (χ1v) is 13.3. The highest BCUT2D eigenvalue weighted by atomic mass is 15.3. The topological polar surface area (TPSA) is 0 Å². The van der Waals surface area contributed by atoms with Crippen LogP contribution in [0.4, 0.5) is 0 Å². The Morgan fingerprint density at radius 1 is 0.481 bits per heavy atom. The Morgan fingerprint density at radius 3 is 1.48 bits per heavy atom. The molecule has 0 radical (unpaired) electrons. The minimum atomic E-state index is 0.912. The molecule has 0 N–H and O–H groups in total. The smallest absolute Gasteiger partial charge is 0.00932 e. The molecule has 0 aromatic carbocycles. The molecule has 14 atom stereocenters. The molecule has 0 heteroatoms. The van der Waals surface area contributed by atoms with Crippen molar-refractivity contribution in [3.8, 4) is 0 Å². The van der Waals surface area contributed by atoms with Gasteiger partial charge in [0.05, 0.1) is 0 Å². The van der Waals surface area contributed by atoms with E-state index in [0.717, 1.165) is 37.9 Å². The van der Waals surface area contributed by atoms with Gasteiger partial charge in [0.25, 0.3) is 0 Å². The molecule has 0 heterocycles. The van der Waals surface area contributed by atoms with Gasteiger partial charge in [-0.05, 0) is 152 Å². The third-order valence-electron chi connectivity index (χ3n) is 19.7. The molecule has 0 aliphatic heterocycles. The summed E-state index contributed by atoms with van der Waals surface area (Å²) in [6.45, 7) is 2.86. The molecule has 15 rings (SSSR count). The van der Waals surface area contributed by atoms with E-state index in [9.17, 15) is 0 Å². The van der Waals surface area contributed by atoms with Crippen LogP contribution in [0, 0.1) is 127 Å². The molecule has 0 aromatic rings. The van der Waals surface area contributed by atoms with Crippen LogP contribution in [0.1, 0.15) is 32.6 Å². The normalized spacial score (nSPS) is 113. The number of hydrogen-bond acceptors (Lipinski definition) is 0. The summed E-state index contributed by atoms with van der Waals surface area (Å²) in [6, 6.07) is 0. The SMILES string of the molecule is CC12C3CCC1C1C4C5C6C7C8CC9CC%10C%11C%12C%13C%14C3C12C%144C%135C%126C%117C9%108. The van der Waals surface area contributed by atoms with Crippen molar-refractivity contribution in [3.63, 3.8) is 0 Å². The van der Waals surface area contributed by atoms with Crippen molar-refractivity contribution in [2.24, 2.45) is 127 Å². The lowest BCUT2D eigenvalue weighted by atomic mass is 8.71. The van der Waals surface area contributed by atoms with Gasteiger partial charge >= 0.3 is 0 Å². The highest BCUT2D eigenvalue weighted by Crippen LogP contribution is 3.33. The molecule has 134 valence electrons. The lowest BCUT2D eigenvalue weighted by Gasteiger charge is -3.32. The number of rotatable bonds is 0. The molecular weight excluding hydrogens is 324 g/mol. The van der Waals surface area contributed by atoms with E-state index in [0.29, 0.717) is 0 Å². The first-order valence-electron chi connectivity index (χ1n) is 13.3. The fourth-order valence-electron chi connectivity index (χ4n) is 22.5. The van der Waals surface area contributed by atoms with Crippen molar-refractivity contribution < 1.29 is 0 Å². The maximum Gasteiger partial charge on any atom is -0.00932 e. The Labute approximate surface area is 159 Å². The Hall–Kier alpha value is 0. The van der Waals surface area contributed by atoms with Crippen LogP contribution < -0.4 is 0 Å². The van der Waals surface area contributed by atoms with E-state index < -0.39 is 0 Å². The molecular formula is C27H26. The molecule has 6 spiro atoms. The molecule has 0 aromatic heterocycles. The molecule has 15 fully saturated rings. The molecule has 15 saturated carbocycles. The highest BCUT2D eigenvalue weighted by molar-refractivity contribution is 5.76. The van der Waals surface area contributed by atoms with Gasteiger partial charge in [0, 0.05) is 0 Å². The van der Waals surface area contributed by atoms with Crippen LogP contribution in [0.2, 0.25) is 0 Å². The van der Waals surface area contributed by atoms with E-state index in [1.54, 1.807) is 25.7 Å². The van der Waals surface area contributed by atoms with E-state index in [-0.39, 0.29) is 0 Å². The third-order valence-corrected chi connectivity index (χ3v) is 19.7. The van der Waals surface area contributed by atoms with Gasteiger partial charge in [-0.3, -0.25) is 0 Å². The van der Waals surface area contributed by atoms with E-state index in [2.05, 4.69) is 6.92 Å². The summed E-state index contributed by atoms with van der Waals surface area (Å²) in [5, 5.41) is 0. The van der Waals surface area contributed by atoms with Gasteiger partial charge in [-0.1, -0.05) is 6.92 Å². The summed E-state index contributed by atoms with van der Waals surface area (Å²) in [4.78, 5) is 0. The van der Waals surface area contributed by atoms with Crippen LogP contribution in [0.25, 0.3) is 0 Å². The van der Waals surface area contributed by atoms with E-state index in [1.807, 2.05) is 0 Å². The molecule has 0 amide bonds. The Morgan fingerprint density at radius 2 is 0.926 bits per heavy atom. The van der Waals surface area contributed by atoms with Crippen LogP contribution in [0.3, 0.4) is 0 Å². The lowest BCUT2D eigenvalue weighted by molar-refractivity contribution is -0.866. The van der Waals surface area contributed by atoms with E-state index in [4.69, 9.17) is 0 Å². The number of hydrogen-bond donors (Lipinski definition) is 0. The summed E-state index contributed by atoms with van der Waals surface area (Å²) < 4.78 is 0. The fourth-order valence-corrected chi connectivity index (χ4v) is 22.5. The predicted molar refractivity (Wildman–Crippen MR) is 93.5 cm³/mol. The van der Waals surface area contributed by atoms with Crippen LogP contribution in [-0.2, 0) is 0 Å². The molecule has 27 heavy (non-hydrogen) atoms. The van der Waals surface area contributed by atoms with Crippen molar-refractivity contribution >= 4 is 0 Å². The predicted octanol–water partition coefficient (Wildman–Crippen LogP) is 3.92. The van der Waals surface area contributed by atoms with Crippen LogP contribution >= 0.6 is 0 Å². The molecule has 14 unspecified atom stereocenters. The quantitative estimate of drug-likeness (QED) is 0.621. The van der Waals surface area contributed by atoms with E-state index in [1.165, 1.54) is 88.8 Å². The minimum Gasteiger partial charge on any atom is -0.0585 e. The summed E-state index contributed by atoms with van der Waals surface area (Å²) in [5.74, 6) is 19.8. The summed E-state index contributed by atoms with van der Waals surface area (Å²) in [5.41, 5.74) is 7.30. The largest absolute Gasteiger partial charge is 0.0585 e. The van der Waals surface area contributed by atoms with Gasteiger partial charge in [-0.25, -0.2) is 0 Å². The van der Waals surface area contributed by atoms with Gasteiger partial charge in [-0.15, -0.1) is 0 Å². The second kappa shape index (κ2) is 1.96. The van der Waals surface area contributed by atoms with Gasteiger partial charge in [0.1, 0.15) is 0 Å². The van der Waals surface area contributed by atoms with Gasteiger partial charge in [-0.2, -0.15) is 0 Å². The molecule has 0 bridgehead atoms. The van der Waals surface area contributed by atoms with Crippen molar-refractivity contribution in [3.05, 3.63) is 0 Å². The molecule has 0 nitrogen and oxygen atoms in total. The zero-order chi connectivity index (χ0) is 16.0. The average Bonchev–Trinajstić information content (AvgIpc) is 2.73. The molecule has 15 aliphatic carbocycles. The second-order valence-electron chi connectivity index (χ2n) is 16.0. The maximum atomic E-state index is 2.86. The first kappa shape index (κ1) is 10.9. The minimum absolute atomic E-state index is 0.912. The average molecular weight is 351 g/mol. The van der Waals surface area contributed by atoms with Crippen molar-refractivity contribution in [2.75, 3.05) is 0 Å². The number of fused-ring (bicyclic) bond motifs is 12. The van der Waals surface area contributed by atoms with Crippen molar-refractivity contribution in [2.45, 2.75) is 32.6 Å². The first-order chi connectivity index (χ1) is 13.3. The molecule has 0 saturated heterocycles. The zero-order valence-electron chi connectivity index (χ0n) is 16.0. The Balaban J connectivity index is 1.08. The second-order valence-corrected chi connectivity index (χ2v) is 16.0. The summed E-state index contributed by atoms with van der Waals surface area (Å²) in [7, 11) is 0. The maximum absolute atomic E-state index is 2.86. The third kappa shape index (κ3) is 0.356.